The minimum atomic E-state index is -0.483. The van der Waals surface area contributed by atoms with Crippen LogP contribution in [-0.4, -0.2) is 31.4 Å². The monoisotopic (exact) mass is 360 g/mol. The van der Waals surface area contributed by atoms with Gasteiger partial charge in [-0.15, -0.1) is 0 Å². The Labute approximate surface area is 155 Å². The molecule has 0 fully saturated rings. The molecule has 1 N–H and O–H groups in total. The third-order valence-corrected chi connectivity index (χ3v) is 4.52. The molecule has 2 amide bonds. The van der Waals surface area contributed by atoms with E-state index >= 15 is 0 Å². The number of hydrogen-bond donors (Lipinski definition) is 1. The quantitative estimate of drug-likeness (QED) is 0.725. The molecule has 6 nitrogen and oxygen atoms in total. The predicted octanol–water partition coefficient (Wildman–Crippen LogP) is 3.23. The van der Waals surface area contributed by atoms with Crippen molar-refractivity contribution in [1.82, 2.24) is 0 Å². The number of benzene rings is 3. The van der Waals surface area contributed by atoms with E-state index < -0.39 is 5.97 Å². The van der Waals surface area contributed by atoms with Crippen LogP contribution in [-0.2, 0) is 9.53 Å². The Balaban J connectivity index is 1.56. The summed E-state index contributed by atoms with van der Waals surface area (Å²) in [7, 11) is 1.30. The first-order valence-electron chi connectivity index (χ1n) is 8.40. The highest BCUT2D eigenvalue weighted by molar-refractivity contribution is 6.26. The van der Waals surface area contributed by atoms with Crippen molar-refractivity contribution < 1.29 is 19.1 Å². The highest BCUT2D eigenvalue weighted by Gasteiger charge is 2.30. The zero-order chi connectivity index (χ0) is 19.0. The van der Waals surface area contributed by atoms with Crippen LogP contribution in [0.3, 0.4) is 0 Å². The first kappa shape index (κ1) is 16.8. The van der Waals surface area contributed by atoms with Crippen LogP contribution < -0.4 is 10.2 Å². The maximum absolute atomic E-state index is 12.7. The van der Waals surface area contributed by atoms with Crippen molar-refractivity contribution in [3.63, 3.8) is 0 Å². The molecule has 0 atom stereocenters. The lowest BCUT2D eigenvalue weighted by atomic mass is 10.1. The fourth-order valence-corrected chi connectivity index (χ4v) is 3.32. The summed E-state index contributed by atoms with van der Waals surface area (Å²) < 4.78 is 4.68. The van der Waals surface area contributed by atoms with Crippen LogP contribution in [0.25, 0.3) is 10.8 Å². The normalized spacial score (nSPS) is 12.3. The van der Waals surface area contributed by atoms with E-state index in [1.54, 1.807) is 24.3 Å². The number of nitrogens with one attached hydrogen (secondary N) is 1. The summed E-state index contributed by atoms with van der Waals surface area (Å²) in [5.41, 5.74) is 2.13. The summed E-state index contributed by atoms with van der Waals surface area (Å²) in [5.74, 6) is -1.03. The zero-order valence-corrected chi connectivity index (χ0v) is 14.6. The molecule has 0 radical (unpaired) electrons. The minimum absolute atomic E-state index is 0.116. The molecule has 4 rings (SSSR count). The number of anilines is 2. The summed E-state index contributed by atoms with van der Waals surface area (Å²) in [6.07, 6.45) is 0. The number of methoxy groups -OCH3 is 1. The van der Waals surface area contributed by atoms with Gasteiger partial charge in [0.2, 0.25) is 5.91 Å². The Morgan fingerprint density at radius 3 is 2.56 bits per heavy atom. The average molecular weight is 360 g/mol. The highest BCUT2D eigenvalue weighted by atomic mass is 16.5. The Morgan fingerprint density at radius 2 is 1.78 bits per heavy atom. The van der Waals surface area contributed by atoms with E-state index in [0.717, 1.165) is 16.5 Å². The lowest BCUT2D eigenvalue weighted by Crippen LogP contribution is -2.35. The maximum Gasteiger partial charge on any atom is 0.337 e. The molecular weight excluding hydrogens is 344 g/mol. The van der Waals surface area contributed by atoms with Gasteiger partial charge in [0.05, 0.1) is 18.4 Å². The van der Waals surface area contributed by atoms with Gasteiger partial charge < -0.3 is 10.1 Å². The third-order valence-electron chi connectivity index (χ3n) is 4.52. The second kappa shape index (κ2) is 6.57. The van der Waals surface area contributed by atoms with Crippen LogP contribution in [0.2, 0.25) is 0 Å². The number of rotatable bonds is 4. The molecule has 1 heterocycles. The first-order valence-corrected chi connectivity index (χ1v) is 8.40. The van der Waals surface area contributed by atoms with Crippen molar-refractivity contribution >= 4 is 39.9 Å². The van der Waals surface area contributed by atoms with Crippen LogP contribution in [0.5, 0.6) is 0 Å². The number of hydrogen-bond acceptors (Lipinski definition) is 4. The van der Waals surface area contributed by atoms with E-state index in [2.05, 4.69) is 10.1 Å². The van der Waals surface area contributed by atoms with Crippen LogP contribution >= 0.6 is 0 Å². The van der Waals surface area contributed by atoms with Crippen molar-refractivity contribution in [3.8, 4) is 0 Å². The summed E-state index contributed by atoms with van der Waals surface area (Å²) in [5, 5.41) is 4.56. The lowest BCUT2D eigenvalue weighted by molar-refractivity contribution is -0.114. The molecule has 1 aliphatic heterocycles. The van der Waals surface area contributed by atoms with Crippen LogP contribution in [0.15, 0.2) is 60.7 Å². The molecular formula is C21H16N2O4. The van der Waals surface area contributed by atoms with Crippen molar-refractivity contribution in [2.75, 3.05) is 23.9 Å². The number of ether oxygens (including phenoxy) is 1. The van der Waals surface area contributed by atoms with Crippen molar-refractivity contribution in [2.24, 2.45) is 0 Å². The number of carbonyl (C=O) groups excluding carboxylic acids is 3. The summed E-state index contributed by atoms with van der Waals surface area (Å²) >= 11 is 0. The molecule has 0 aromatic heterocycles. The Hall–Kier alpha value is -3.67. The SMILES string of the molecule is COC(=O)c1cccc(NC(=O)CN2C(=O)c3cccc4cccc2c34)c1. The van der Waals surface area contributed by atoms with Crippen LogP contribution in [0, 0.1) is 0 Å². The van der Waals surface area contributed by atoms with E-state index in [4.69, 9.17) is 0 Å². The van der Waals surface area contributed by atoms with Gasteiger partial charge in [-0.05, 0) is 35.7 Å². The van der Waals surface area contributed by atoms with Gasteiger partial charge in [0.15, 0.2) is 0 Å². The fraction of sp³-hybridized carbons (Fsp3) is 0.0952. The van der Waals surface area contributed by atoms with E-state index in [9.17, 15) is 14.4 Å². The second-order valence-corrected chi connectivity index (χ2v) is 6.19. The highest BCUT2D eigenvalue weighted by Crippen LogP contribution is 2.36. The number of nitrogens with zero attached hydrogens (tertiary/aromatic N) is 1. The number of esters is 1. The van der Waals surface area contributed by atoms with Gasteiger partial charge in [0.1, 0.15) is 6.54 Å². The van der Waals surface area contributed by atoms with Crippen molar-refractivity contribution in [3.05, 3.63) is 71.8 Å². The maximum atomic E-state index is 12.7. The standard InChI is InChI=1S/C21H16N2O4/c1-27-21(26)14-7-2-8-15(11-14)22-18(24)12-23-17-10-4-6-13-5-3-9-16(19(13)17)20(23)25/h2-11H,12H2,1H3,(H,22,24). The molecule has 0 saturated carbocycles. The van der Waals surface area contributed by atoms with E-state index in [0.29, 0.717) is 16.8 Å². The fourth-order valence-electron chi connectivity index (χ4n) is 3.32. The van der Waals surface area contributed by atoms with Gasteiger partial charge >= 0.3 is 5.97 Å². The molecule has 0 unspecified atom stereocenters. The van der Waals surface area contributed by atoms with Gasteiger partial charge in [0.25, 0.3) is 5.91 Å². The zero-order valence-electron chi connectivity index (χ0n) is 14.6. The van der Waals surface area contributed by atoms with Crippen molar-refractivity contribution in [1.29, 1.82) is 0 Å². The molecule has 3 aromatic rings. The average Bonchev–Trinajstić information content (AvgIpc) is 2.95. The van der Waals surface area contributed by atoms with Gasteiger partial charge in [0, 0.05) is 16.6 Å². The molecule has 0 saturated heterocycles. The third kappa shape index (κ3) is 2.91. The summed E-state index contributed by atoms with van der Waals surface area (Å²) in [6, 6.07) is 17.6. The Bertz CT molecular complexity index is 1090. The van der Waals surface area contributed by atoms with Gasteiger partial charge in [-0.2, -0.15) is 0 Å². The molecule has 6 heteroatoms. The first-order chi connectivity index (χ1) is 13.1. The summed E-state index contributed by atoms with van der Waals surface area (Å²) in [6.45, 7) is -0.116. The molecule has 3 aromatic carbocycles. The lowest BCUT2D eigenvalue weighted by Gasteiger charge is -2.17. The van der Waals surface area contributed by atoms with E-state index in [-0.39, 0.29) is 18.4 Å². The van der Waals surface area contributed by atoms with Crippen LogP contribution in [0.4, 0.5) is 11.4 Å². The topological polar surface area (TPSA) is 75.7 Å². The largest absolute Gasteiger partial charge is 0.465 e. The molecule has 0 spiro atoms. The van der Waals surface area contributed by atoms with Crippen molar-refractivity contribution in [2.45, 2.75) is 0 Å². The predicted molar refractivity (Wildman–Crippen MR) is 102 cm³/mol. The molecule has 0 aliphatic carbocycles. The molecule has 1 aliphatic rings. The van der Waals surface area contributed by atoms with E-state index in [1.165, 1.54) is 18.1 Å². The van der Waals surface area contributed by atoms with Crippen LogP contribution in [0.1, 0.15) is 20.7 Å². The van der Waals surface area contributed by atoms with E-state index in [1.807, 2.05) is 30.3 Å². The van der Waals surface area contributed by atoms with Gasteiger partial charge in [-0.25, -0.2) is 4.79 Å². The Kier molecular flexibility index (Phi) is 4.08. The second-order valence-electron chi connectivity index (χ2n) is 6.19. The van der Waals surface area contributed by atoms with Gasteiger partial charge in [-0.3, -0.25) is 14.5 Å². The molecule has 27 heavy (non-hydrogen) atoms. The number of carbonyl (C=O) groups is 3. The smallest absolute Gasteiger partial charge is 0.337 e. The Morgan fingerprint density at radius 1 is 1.04 bits per heavy atom. The molecule has 134 valence electrons. The minimum Gasteiger partial charge on any atom is -0.465 e. The molecule has 0 bridgehead atoms. The van der Waals surface area contributed by atoms with Gasteiger partial charge in [-0.1, -0.05) is 30.3 Å². The number of amides is 2. The summed E-state index contributed by atoms with van der Waals surface area (Å²) in [4.78, 5) is 38.3.